The molecule has 1 aromatic carbocycles. The number of nitrogens with zero attached hydrogens (tertiary/aromatic N) is 3. The Morgan fingerprint density at radius 1 is 1.33 bits per heavy atom. The van der Waals surface area contributed by atoms with Crippen molar-refractivity contribution >= 4 is 30.7 Å². The van der Waals surface area contributed by atoms with Gasteiger partial charge in [-0.25, -0.2) is 4.68 Å². The van der Waals surface area contributed by atoms with Crippen LogP contribution in [0.5, 0.6) is 5.75 Å². The molecule has 1 atom stereocenters. The summed E-state index contributed by atoms with van der Waals surface area (Å²) in [5, 5.41) is 11.3. The predicted octanol–water partition coefficient (Wildman–Crippen LogP) is 2.41. The van der Waals surface area contributed by atoms with Gasteiger partial charge in [0.2, 0.25) is 5.91 Å². The highest BCUT2D eigenvalue weighted by molar-refractivity contribution is 5.85. The van der Waals surface area contributed by atoms with Crippen LogP contribution >= 0.6 is 24.8 Å². The lowest BCUT2D eigenvalue weighted by Crippen LogP contribution is -2.41. The first-order valence-corrected chi connectivity index (χ1v) is 9.96. The summed E-state index contributed by atoms with van der Waals surface area (Å²) < 4.78 is 7.09. The van der Waals surface area contributed by atoms with E-state index in [0.29, 0.717) is 12.0 Å². The second-order valence-corrected chi connectivity index (χ2v) is 8.08. The van der Waals surface area contributed by atoms with Crippen molar-refractivity contribution in [3.05, 3.63) is 42.2 Å². The quantitative estimate of drug-likeness (QED) is 0.723. The molecule has 0 radical (unpaired) electrons. The SMILES string of the molecule is COc1cccc(-n2cc(CN(C)C(=O)C3CC4(CCNCC4)CN3)cn2)c1.Cl.Cl. The highest BCUT2D eigenvalue weighted by atomic mass is 35.5. The first-order valence-electron chi connectivity index (χ1n) is 9.96. The molecule has 0 saturated carbocycles. The number of hydrogen-bond acceptors (Lipinski definition) is 5. The van der Waals surface area contributed by atoms with Crippen LogP contribution in [0, 0.1) is 5.41 Å². The highest BCUT2D eigenvalue weighted by Gasteiger charge is 2.42. The summed E-state index contributed by atoms with van der Waals surface area (Å²) in [5.41, 5.74) is 2.24. The maximum Gasteiger partial charge on any atom is 0.239 e. The van der Waals surface area contributed by atoms with E-state index in [1.54, 1.807) is 7.11 Å². The van der Waals surface area contributed by atoms with E-state index < -0.39 is 0 Å². The molecule has 2 aliphatic heterocycles. The molecule has 1 amide bonds. The van der Waals surface area contributed by atoms with Crippen molar-refractivity contribution in [3.63, 3.8) is 0 Å². The summed E-state index contributed by atoms with van der Waals surface area (Å²) in [6.07, 6.45) is 7.04. The van der Waals surface area contributed by atoms with Gasteiger partial charge in [-0.1, -0.05) is 6.07 Å². The summed E-state index contributed by atoms with van der Waals surface area (Å²) in [4.78, 5) is 14.8. The minimum absolute atomic E-state index is 0. The molecule has 9 heteroatoms. The topological polar surface area (TPSA) is 71.4 Å². The van der Waals surface area contributed by atoms with Crippen molar-refractivity contribution in [1.82, 2.24) is 25.3 Å². The zero-order valence-electron chi connectivity index (χ0n) is 17.5. The molecule has 30 heavy (non-hydrogen) atoms. The Morgan fingerprint density at radius 2 is 2.10 bits per heavy atom. The van der Waals surface area contributed by atoms with Gasteiger partial charge in [0.1, 0.15) is 5.75 Å². The Kier molecular flexibility index (Phi) is 8.55. The first-order chi connectivity index (χ1) is 13.6. The number of nitrogens with one attached hydrogen (secondary N) is 2. The monoisotopic (exact) mass is 455 g/mol. The largest absolute Gasteiger partial charge is 0.497 e. The minimum atomic E-state index is -0.0727. The third-order valence-corrected chi connectivity index (χ3v) is 6.07. The number of carbonyl (C=O) groups is 1. The van der Waals surface area contributed by atoms with Crippen molar-refractivity contribution in [2.45, 2.75) is 31.8 Å². The molecule has 4 rings (SSSR count). The van der Waals surface area contributed by atoms with E-state index in [4.69, 9.17) is 4.74 Å². The van der Waals surface area contributed by atoms with Crippen LogP contribution in [-0.4, -0.2) is 60.4 Å². The van der Waals surface area contributed by atoms with E-state index in [2.05, 4.69) is 15.7 Å². The van der Waals surface area contributed by atoms with Crippen LogP contribution in [0.4, 0.5) is 0 Å². The lowest BCUT2D eigenvalue weighted by Gasteiger charge is -2.33. The molecule has 3 heterocycles. The second kappa shape index (κ2) is 10.5. The molecule has 1 aromatic heterocycles. The molecule has 0 bridgehead atoms. The Labute approximate surface area is 190 Å². The standard InChI is InChI=1S/C21H29N5O2.2ClH/c1-25(20(27)19-11-21(15-23-19)6-8-22-9-7-21)13-16-12-24-26(14-16)17-4-3-5-18(10-17)28-2;;/h3-5,10,12,14,19,22-23H,6-9,11,13,15H2,1-2H3;2*1H. The Hall–Kier alpha value is -1.80. The number of aromatic nitrogens is 2. The van der Waals surface area contributed by atoms with E-state index in [0.717, 1.165) is 55.9 Å². The van der Waals surface area contributed by atoms with Gasteiger partial charge < -0.3 is 20.3 Å². The van der Waals surface area contributed by atoms with Crippen molar-refractivity contribution < 1.29 is 9.53 Å². The number of piperidine rings is 1. The van der Waals surface area contributed by atoms with Gasteiger partial charge in [0.15, 0.2) is 0 Å². The Bertz CT molecular complexity index is 838. The maximum absolute atomic E-state index is 12.9. The highest BCUT2D eigenvalue weighted by Crippen LogP contribution is 2.37. The van der Waals surface area contributed by atoms with Gasteiger partial charge in [0.05, 0.1) is 25.0 Å². The number of likely N-dealkylation sites (N-methyl/N-ethyl adjacent to an activating group) is 1. The number of benzene rings is 1. The van der Waals surface area contributed by atoms with Crippen LogP contribution in [0.1, 0.15) is 24.8 Å². The molecule has 2 aromatic rings. The average molecular weight is 456 g/mol. The lowest BCUT2D eigenvalue weighted by atomic mass is 9.77. The summed E-state index contributed by atoms with van der Waals surface area (Å²) in [5.74, 6) is 0.963. The third-order valence-electron chi connectivity index (χ3n) is 6.07. The number of carbonyl (C=O) groups excluding carboxylic acids is 1. The second-order valence-electron chi connectivity index (χ2n) is 8.08. The van der Waals surface area contributed by atoms with Crippen LogP contribution in [0.25, 0.3) is 5.69 Å². The molecule has 166 valence electrons. The van der Waals surface area contributed by atoms with Gasteiger partial charge >= 0.3 is 0 Å². The number of rotatable bonds is 5. The Morgan fingerprint density at radius 3 is 2.83 bits per heavy atom. The molecular weight excluding hydrogens is 425 g/mol. The smallest absolute Gasteiger partial charge is 0.239 e. The van der Waals surface area contributed by atoms with Crippen molar-refractivity contribution in [1.29, 1.82) is 0 Å². The molecular formula is C21H31Cl2N5O2. The normalized spacial score (nSPS) is 19.6. The summed E-state index contributed by atoms with van der Waals surface area (Å²) in [6.45, 7) is 3.62. The zero-order valence-corrected chi connectivity index (χ0v) is 19.1. The third kappa shape index (κ3) is 5.27. The molecule has 2 aliphatic rings. The molecule has 2 saturated heterocycles. The molecule has 7 nitrogen and oxygen atoms in total. The van der Waals surface area contributed by atoms with Crippen LogP contribution in [0.3, 0.4) is 0 Å². The van der Waals surface area contributed by atoms with E-state index in [-0.39, 0.29) is 36.8 Å². The fourth-order valence-corrected chi connectivity index (χ4v) is 4.38. The fraction of sp³-hybridized carbons (Fsp3) is 0.524. The van der Waals surface area contributed by atoms with E-state index in [1.807, 2.05) is 53.3 Å². The Balaban J connectivity index is 0.00000160. The van der Waals surface area contributed by atoms with E-state index >= 15 is 0 Å². The number of methoxy groups -OCH3 is 1. The zero-order chi connectivity index (χ0) is 19.6. The van der Waals surface area contributed by atoms with Crippen molar-refractivity contribution in [2.75, 3.05) is 33.8 Å². The van der Waals surface area contributed by atoms with Crippen molar-refractivity contribution in [2.24, 2.45) is 5.41 Å². The number of halogens is 2. The van der Waals surface area contributed by atoms with Gasteiger partial charge in [0.25, 0.3) is 0 Å². The first kappa shape index (κ1) is 24.5. The maximum atomic E-state index is 12.9. The number of amides is 1. The summed E-state index contributed by atoms with van der Waals surface area (Å²) >= 11 is 0. The molecule has 0 aliphatic carbocycles. The van der Waals surface area contributed by atoms with Crippen LogP contribution in [-0.2, 0) is 11.3 Å². The van der Waals surface area contributed by atoms with Crippen molar-refractivity contribution in [3.8, 4) is 11.4 Å². The molecule has 2 fully saturated rings. The van der Waals surface area contributed by atoms with Crippen LogP contribution in [0.2, 0.25) is 0 Å². The van der Waals surface area contributed by atoms with Gasteiger partial charge in [-0.3, -0.25) is 4.79 Å². The molecule has 1 unspecified atom stereocenters. The van der Waals surface area contributed by atoms with E-state index in [9.17, 15) is 4.79 Å². The van der Waals surface area contributed by atoms with Gasteiger partial charge in [-0.05, 0) is 49.9 Å². The summed E-state index contributed by atoms with van der Waals surface area (Å²) in [6, 6.07) is 7.69. The van der Waals surface area contributed by atoms with E-state index in [1.165, 1.54) is 0 Å². The fourth-order valence-electron chi connectivity index (χ4n) is 4.38. The number of ether oxygens (including phenoxy) is 1. The lowest BCUT2D eigenvalue weighted by molar-refractivity contribution is -0.132. The van der Waals surface area contributed by atoms with Gasteiger partial charge in [0, 0.05) is 38.0 Å². The molecule has 2 N–H and O–H groups in total. The van der Waals surface area contributed by atoms with Gasteiger partial charge in [-0.15, -0.1) is 24.8 Å². The number of hydrogen-bond donors (Lipinski definition) is 2. The predicted molar refractivity (Wildman–Crippen MR) is 122 cm³/mol. The average Bonchev–Trinajstić information content (AvgIpc) is 3.36. The van der Waals surface area contributed by atoms with Crippen LogP contribution < -0.4 is 15.4 Å². The van der Waals surface area contributed by atoms with Crippen LogP contribution in [0.15, 0.2) is 36.7 Å². The minimum Gasteiger partial charge on any atom is -0.497 e. The molecule has 1 spiro atoms. The van der Waals surface area contributed by atoms with Gasteiger partial charge in [-0.2, -0.15) is 5.10 Å². The summed E-state index contributed by atoms with van der Waals surface area (Å²) in [7, 11) is 3.53.